The lowest BCUT2D eigenvalue weighted by Gasteiger charge is -2.24. The topological polar surface area (TPSA) is 41.6 Å². The second kappa shape index (κ2) is 7.86. The number of halogens is 2. The monoisotopic (exact) mass is 402 g/mol. The van der Waals surface area contributed by atoms with Crippen LogP contribution in [-0.2, 0) is 11.3 Å². The molecule has 23 heavy (non-hydrogen) atoms. The number of carbonyl (C=O) groups excluding carboxylic acids is 1. The van der Waals surface area contributed by atoms with E-state index in [-0.39, 0.29) is 6.09 Å². The molecule has 1 unspecified atom stereocenters. The van der Waals surface area contributed by atoms with Crippen molar-refractivity contribution in [3.05, 3.63) is 33.3 Å². The molecule has 0 aliphatic carbocycles. The first-order valence-corrected chi connectivity index (χ1v) is 9.04. The summed E-state index contributed by atoms with van der Waals surface area (Å²) in [4.78, 5) is 13.8. The van der Waals surface area contributed by atoms with Crippen LogP contribution in [0.4, 0.5) is 4.79 Å². The average molecular weight is 404 g/mol. The van der Waals surface area contributed by atoms with Crippen molar-refractivity contribution in [3.8, 4) is 0 Å². The van der Waals surface area contributed by atoms with E-state index in [2.05, 4.69) is 21.2 Å². The molecule has 6 heteroatoms. The Morgan fingerprint density at radius 3 is 2.87 bits per heavy atom. The molecule has 0 bridgehead atoms. The number of likely N-dealkylation sites (tertiary alicyclic amines) is 1. The van der Waals surface area contributed by atoms with Gasteiger partial charge < -0.3 is 15.0 Å². The fraction of sp³-hybridized carbons (Fsp3) is 0.588. The van der Waals surface area contributed by atoms with Gasteiger partial charge in [-0.2, -0.15) is 0 Å². The minimum Gasteiger partial charge on any atom is -0.444 e. The van der Waals surface area contributed by atoms with Crippen molar-refractivity contribution >= 4 is 33.6 Å². The number of nitrogens with one attached hydrogen (secondary N) is 1. The highest BCUT2D eigenvalue weighted by Gasteiger charge is 2.29. The Balaban J connectivity index is 1.74. The molecule has 1 aliphatic rings. The van der Waals surface area contributed by atoms with Crippen LogP contribution in [0.1, 0.15) is 32.8 Å². The standard InChI is InChI=1S/C17H24BrClN2O2/c1-17(2,3)23-16(22)21-7-6-12(11-21)9-20-10-13-4-5-14(19)8-15(13)18/h4-5,8,12,20H,6-7,9-11H2,1-3H3. The van der Waals surface area contributed by atoms with Gasteiger partial charge in [0.1, 0.15) is 5.60 Å². The van der Waals surface area contributed by atoms with Crippen molar-refractivity contribution < 1.29 is 9.53 Å². The lowest BCUT2D eigenvalue weighted by Crippen LogP contribution is -2.36. The Bertz CT molecular complexity index is 560. The SMILES string of the molecule is CC(C)(C)OC(=O)N1CCC(CNCc2ccc(Cl)cc2Br)C1. The smallest absolute Gasteiger partial charge is 0.410 e. The highest BCUT2D eigenvalue weighted by molar-refractivity contribution is 9.10. The van der Waals surface area contributed by atoms with Gasteiger partial charge in [-0.15, -0.1) is 0 Å². The molecule has 0 aromatic heterocycles. The molecule has 4 nitrogen and oxygen atoms in total. The van der Waals surface area contributed by atoms with Crippen LogP contribution >= 0.6 is 27.5 Å². The fourth-order valence-electron chi connectivity index (χ4n) is 2.57. The van der Waals surface area contributed by atoms with Crippen molar-refractivity contribution in [2.75, 3.05) is 19.6 Å². The zero-order valence-corrected chi connectivity index (χ0v) is 16.2. The maximum Gasteiger partial charge on any atom is 0.410 e. The average Bonchev–Trinajstić information content (AvgIpc) is 2.88. The molecule has 1 atom stereocenters. The summed E-state index contributed by atoms with van der Waals surface area (Å²) in [6, 6.07) is 5.81. The summed E-state index contributed by atoms with van der Waals surface area (Å²) in [5.41, 5.74) is 0.741. The third-order valence-corrected chi connectivity index (χ3v) is 4.67. The predicted molar refractivity (Wildman–Crippen MR) is 96.8 cm³/mol. The summed E-state index contributed by atoms with van der Waals surface area (Å²) >= 11 is 9.47. The van der Waals surface area contributed by atoms with Crippen LogP contribution in [0.2, 0.25) is 5.02 Å². The number of benzene rings is 1. The van der Waals surface area contributed by atoms with Crippen LogP contribution < -0.4 is 5.32 Å². The largest absolute Gasteiger partial charge is 0.444 e. The fourth-order valence-corrected chi connectivity index (χ4v) is 3.39. The first kappa shape index (κ1) is 18.6. The summed E-state index contributed by atoms with van der Waals surface area (Å²) < 4.78 is 6.43. The molecular formula is C17H24BrClN2O2. The van der Waals surface area contributed by atoms with Crippen LogP contribution in [-0.4, -0.2) is 36.2 Å². The number of rotatable bonds is 4. The molecule has 1 heterocycles. The third kappa shape index (κ3) is 5.98. The molecule has 0 saturated carbocycles. The van der Waals surface area contributed by atoms with E-state index in [9.17, 15) is 4.79 Å². The minimum absolute atomic E-state index is 0.208. The van der Waals surface area contributed by atoms with Gasteiger partial charge in [0.25, 0.3) is 0 Å². The number of nitrogens with zero attached hydrogens (tertiary/aromatic N) is 1. The van der Waals surface area contributed by atoms with E-state index in [0.29, 0.717) is 5.92 Å². The summed E-state index contributed by atoms with van der Waals surface area (Å²) in [5.74, 6) is 0.466. The molecule has 0 spiro atoms. The second-order valence-corrected chi connectivity index (χ2v) is 8.24. The Labute approximate surface area is 151 Å². The zero-order valence-electron chi connectivity index (χ0n) is 13.9. The summed E-state index contributed by atoms with van der Waals surface area (Å²) in [6.45, 7) is 8.86. The molecule has 128 valence electrons. The number of hydrogen-bond acceptors (Lipinski definition) is 3. The normalized spacial score (nSPS) is 18.3. The summed E-state index contributed by atoms with van der Waals surface area (Å²) in [6.07, 6.45) is 0.800. The second-order valence-electron chi connectivity index (χ2n) is 6.95. The van der Waals surface area contributed by atoms with E-state index < -0.39 is 5.60 Å². The van der Waals surface area contributed by atoms with Gasteiger partial charge in [0.15, 0.2) is 0 Å². The molecule has 2 rings (SSSR count). The quantitative estimate of drug-likeness (QED) is 0.807. The Morgan fingerprint density at radius 2 is 2.22 bits per heavy atom. The predicted octanol–water partition coefficient (Wildman–Crippen LogP) is 4.45. The van der Waals surface area contributed by atoms with Crippen molar-refractivity contribution in [2.24, 2.45) is 5.92 Å². The van der Waals surface area contributed by atoms with E-state index in [1.807, 2.05) is 39.0 Å². The highest BCUT2D eigenvalue weighted by Crippen LogP contribution is 2.22. The summed E-state index contributed by atoms with van der Waals surface area (Å²) in [7, 11) is 0. The van der Waals surface area contributed by atoms with E-state index >= 15 is 0 Å². The number of carbonyl (C=O) groups is 1. The highest BCUT2D eigenvalue weighted by atomic mass is 79.9. The van der Waals surface area contributed by atoms with E-state index in [0.717, 1.165) is 42.1 Å². The molecule has 1 amide bonds. The van der Waals surface area contributed by atoms with Gasteiger partial charge in [-0.1, -0.05) is 33.6 Å². The van der Waals surface area contributed by atoms with Crippen LogP contribution in [0, 0.1) is 5.92 Å². The molecule has 1 fully saturated rings. The molecule has 1 aliphatic heterocycles. The van der Waals surface area contributed by atoms with Crippen LogP contribution in [0.15, 0.2) is 22.7 Å². The van der Waals surface area contributed by atoms with Crippen molar-refractivity contribution in [1.82, 2.24) is 10.2 Å². The number of ether oxygens (including phenoxy) is 1. The Hall–Kier alpha value is -0.780. The first-order valence-electron chi connectivity index (χ1n) is 7.87. The van der Waals surface area contributed by atoms with Gasteiger partial charge in [0.2, 0.25) is 0 Å². The van der Waals surface area contributed by atoms with Gasteiger partial charge >= 0.3 is 6.09 Å². The molecule has 1 N–H and O–H groups in total. The van der Waals surface area contributed by atoms with Gasteiger partial charge in [-0.05, 0) is 50.8 Å². The van der Waals surface area contributed by atoms with Gasteiger partial charge in [0, 0.05) is 35.7 Å². The molecule has 1 aromatic rings. The van der Waals surface area contributed by atoms with Crippen molar-refractivity contribution in [1.29, 1.82) is 0 Å². The Morgan fingerprint density at radius 1 is 1.48 bits per heavy atom. The van der Waals surface area contributed by atoms with Gasteiger partial charge in [-0.25, -0.2) is 4.79 Å². The Kier molecular flexibility index (Phi) is 6.34. The van der Waals surface area contributed by atoms with Crippen LogP contribution in [0.5, 0.6) is 0 Å². The summed E-state index contributed by atoms with van der Waals surface area (Å²) in [5, 5.41) is 4.19. The first-order chi connectivity index (χ1) is 10.7. The lowest BCUT2D eigenvalue weighted by atomic mass is 10.1. The number of amides is 1. The van der Waals surface area contributed by atoms with E-state index in [1.54, 1.807) is 4.90 Å². The molecule has 1 saturated heterocycles. The number of hydrogen-bond donors (Lipinski definition) is 1. The molecule has 1 aromatic carbocycles. The van der Waals surface area contributed by atoms with Crippen LogP contribution in [0.25, 0.3) is 0 Å². The van der Waals surface area contributed by atoms with Gasteiger partial charge in [-0.3, -0.25) is 0 Å². The van der Waals surface area contributed by atoms with Crippen molar-refractivity contribution in [2.45, 2.75) is 39.3 Å². The van der Waals surface area contributed by atoms with E-state index in [1.165, 1.54) is 5.56 Å². The maximum absolute atomic E-state index is 12.0. The van der Waals surface area contributed by atoms with Crippen molar-refractivity contribution in [3.63, 3.8) is 0 Å². The maximum atomic E-state index is 12.0. The van der Waals surface area contributed by atoms with Crippen LogP contribution in [0.3, 0.4) is 0 Å². The lowest BCUT2D eigenvalue weighted by molar-refractivity contribution is 0.0288. The van der Waals surface area contributed by atoms with Gasteiger partial charge in [0.05, 0.1) is 0 Å². The minimum atomic E-state index is -0.436. The zero-order chi connectivity index (χ0) is 17.0. The van der Waals surface area contributed by atoms with E-state index in [4.69, 9.17) is 16.3 Å². The third-order valence-electron chi connectivity index (χ3n) is 3.70. The molecular weight excluding hydrogens is 380 g/mol. The molecule has 0 radical (unpaired) electrons.